The van der Waals surface area contributed by atoms with Crippen LogP contribution in [0.15, 0.2) is 29.4 Å². The normalized spacial score (nSPS) is 10.6. The van der Waals surface area contributed by atoms with Crippen LogP contribution in [0.2, 0.25) is 0 Å². The van der Waals surface area contributed by atoms with E-state index >= 15 is 0 Å². The van der Waals surface area contributed by atoms with Gasteiger partial charge in [0.2, 0.25) is 0 Å². The van der Waals surface area contributed by atoms with E-state index in [1.807, 2.05) is 12.1 Å². The second-order valence-corrected chi connectivity index (χ2v) is 3.51. The molecule has 0 atom stereocenters. The van der Waals surface area contributed by atoms with Crippen molar-refractivity contribution in [2.45, 2.75) is 19.8 Å². The first kappa shape index (κ1) is 12.2. The highest BCUT2D eigenvalue weighted by atomic mass is 16.1. The fraction of sp³-hybridized carbons (Fsp3) is 0.333. The van der Waals surface area contributed by atoms with Gasteiger partial charge < -0.3 is 11.2 Å². The Bertz CT molecular complexity index is 374. The highest BCUT2D eigenvalue weighted by Gasteiger charge is 2.04. The molecule has 0 unspecified atom stereocenters. The summed E-state index contributed by atoms with van der Waals surface area (Å²) < 4.78 is 0. The van der Waals surface area contributed by atoms with Gasteiger partial charge >= 0.3 is 0 Å². The van der Waals surface area contributed by atoms with E-state index in [1.54, 1.807) is 12.1 Å². The second-order valence-electron chi connectivity index (χ2n) is 3.51. The molecule has 0 spiro atoms. The van der Waals surface area contributed by atoms with Crippen molar-refractivity contribution in [3.8, 4) is 0 Å². The summed E-state index contributed by atoms with van der Waals surface area (Å²) in [4.78, 5) is 11.7. The zero-order valence-electron chi connectivity index (χ0n) is 9.44. The number of hydrogen-bond acceptors (Lipinski definition) is 3. The number of nitrogens with one attached hydrogen (secondary N) is 1. The van der Waals surface area contributed by atoms with Crippen LogP contribution in [0.4, 0.5) is 0 Å². The Balaban J connectivity index is 2.64. The lowest BCUT2D eigenvalue weighted by Crippen LogP contribution is -2.24. The minimum Gasteiger partial charge on any atom is -0.352 e. The van der Waals surface area contributed by atoms with Gasteiger partial charge in [-0.05, 0) is 24.1 Å². The number of nitrogens with two attached hydrogens (primary N) is 1. The van der Waals surface area contributed by atoms with Gasteiger partial charge in [-0.1, -0.05) is 25.5 Å². The number of rotatable bonds is 5. The Morgan fingerprint density at radius 1 is 1.56 bits per heavy atom. The first-order chi connectivity index (χ1) is 7.77. The third kappa shape index (κ3) is 3.73. The van der Waals surface area contributed by atoms with Crippen LogP contribution in [0.5, 0.6) is 0 Å². The molecule has 0 saturated heterocycles. The maximum atomic E-state index is 11.7. The molecule has 0 radical (unpaired) electrons. The first-order valence-electron chi connectivity index (χ1n) is 5.39. The summed E-state index contributed by atoms with van der Waals surface area (Å²) in [7, 11) is 0. The van der Waals surface area contributed by atoms with Crippen molar-refractivity contribution in [2.24, 2.45) is 10.9 Å². The summed E-state index contributed by atoms with van der Waals surface area (Å²) in [6.45, 7) is 2.80. The Kier molecular flexibility index (Phi) is 5.05. The van der Waals surface area contributed by atoms with Crippen molar-refractivity contribution in [3.63, 3.8) is 0 Å². The fourth-order valence-electron chi connectivity index (χ4n) is 1.33. The lowest BCUT2D eigenvalue weighted by atomic mass is 10.1. The number of carbonyl (C=O) groups excluding carboxylic acids is 1. The SMILES string of the molecule is CCCCNC(=O)c1cccc(/C=N/N)c1. The molecule has 4 nitrogen and oxygen atoms in total. The molecule has 1 amide bonds. The summed E-state index contributed by atoms with van der Waals surface area (Å²) in [5.74, 6) is 5.00. The molecule has 1 aromatic rings. The van der Waals surface area contributed by atoms with Gasteiger partial charge in [0.25, 0.3) is 5.91 Å². The average Bonchev–Trinajstić information content (AvgIpc) is 2.30. The van der Waals surface area contributed by atoms with Gasteiger partial charge in [-0.2, -0.15) is 5.10 Å². The van der Waals surface area contributed by atoms with Crippen molar-refractivity contribution in [3.05, 3.63) is 35.4 Å². The van der Waals surface area contributed by atoms with Crippen LogP contribution in [0.1, 0.15) is 35.7 Å². The quantitative estimate of drug-likeness (QED) is 0.341. The number of benzene rings is 1. The molecule has 1 rings (SSSR count). The van der Waals surface area contributed by atoms with Crippen LogP contribution in [0, 0.1) is 0 Å². The summed E-state index contributed by atoms with van der Waals surface area (Å²) >= 11 is 0. The third-order valence-corrected chi connectivity index (χ3v) is 2.19. The van der Waals surface area contributed by atoms with Crippen LogP contribution in [-0.2, 0) is 0 Å². The first-order valence-corrected chi connectivity index (χ1v) is 5.39. The van der Waals surface area contributed by atoms with Crippen molar-refractivity contribution in [2.75, 3.05) is 6.54 Å². The summed E-state index contributed by atoms with van der Waals surface area (Å²) in [6.07, 6.45) is 3.58. The van der Waals surface area contributed by atoms with Gasteiger partial charge in [0.05, 0.1) is 6.21 Å². The molecule has 4 heteroatoms. The summed E-state index contributed by atoms with van der Waals surface area (Å²) in [6, 6.07) is 7.19. The Labute approximate surface area is 95.5 Å². The molecular weight excluding hydrogens is 202 g/mol. The highest BCUT2D eigenvalue weighted by molar-refractivity contribution is 5.96. The van der Waals surface area contributed by atoms with Gasteiger partial charge in [0, 0.05) is 12.1 Å². The molecule has 0 bridgehead atoms. The lowest BCUT2D eigenvalue weighted by Gasteiger charge is -2.04. The topological polar surface area (TPSA) is 67.5 Å². The highest BCUT2D eigenvalue weighted by Crippen LogP contribution is 2.03. The number of unbranched alkanes of at least 4 members (excludes halogenated alkanes) is 1. The molecule has 0 aromatic heterocycles. The fourth-order valence-corrected chi connectivity index (χ4v) is 1.33. The Morgan fingerprint density at radius 2 is 2.38 bits per heavy atom. The van der Waals surface area contributed by atoms with Gasteiger partial charge in [-0.3, -0.25) is 4.79 Å². The average molecular weight is 219 g/mol. The molecule has 1 aromatic carbocycles. The second kappa shape index (κ2) is 6.61. The zero-order valence-corrected chi connectivity index (χ0v) is 9.44. The minimum atomic E-state index is -0.0549. The van der Waals surface area contributed by atoms with Gasteiger partial charge in [-0.15, -0.1) is 0 Å². The maximum absolute atomic E-state index is 11.7. The molecule has 0 aliphatic carbocycles. The van der Waals surface area contributed by atoms with E-state index in [-0.39, 0.29) is 5.91 Å². The monoisotopic (exact) mass is 219 g/mol. The number of nitrogens with zero attached hydrogens (tertiary/aromatic N) is 1. The van der Waals surface area contributed by atoms with Gasteiger partial charge in [-0.25, -0.2) is 0 Å². The Hall–Kier alpha value is -1.84. The van der Waals surface area contributed by atoms with Gasteiger partial charge in [0.1, 0.15) is 0 Å². The predicted molar refractivity (Wildman–Crippen MR) is 65.5 cm³/mol. The van der Waals surface area contributed by atoms with E-state index in [2.05, 4.69) is 17.3 Å². The minimum absolute atomic E-state index is 0.0549. The van der Waals surface area contributed by atoms with Gasteiger partial charge in [0.15, 0.2) is 0 Å². The largest absolute Gasteiger partial charge is 0.352 e. The van der Waals surface area contributed by atoms with Crippen molar-refractivity contribution < 1.29 is 4.79 Å². The number of amides is 1. The smallest absolute Gasteiger partial charge is 0.251 e. The van der Waals surface area contributed by atoms with E-state index < -0.39 is 0 Å². The molecular formula is C12H17N3O. The summed E-state index contributed by atoms with van der Waals surface area (Å²) in [5, 5.41) is 6.28. The number of hydrazone groups is 1. The molecule has 0 aliphatic heterocycles. The molecule has 0 saturated carbocycles. The van der Waals surface area contributed by atoms with Crippen LogP contribution < -0.4 is 11.2 Å². The van der Waals surface area contributed by atoms with E-state index in [0.29, 0.717) is 12.1 Å². The van der Waals surface area contributed by atoms with Crippen LogP contribution in [0.3, 0.4) is 0 Å². The predicted octanol–water partition coefficient (Wildman–Crippen LogP) is 1.51. The number of carbonyl (C=O) groups is 1. The van der Waals surface area contributed by atoms with Crippen molar-refractivity contribution >= 4 is 12.1 Å². The molecule has 3 N–H and O–H groups in total. The van der Waals surface area contributed by atoms with E-state index in [1.165, 1.54) is 6.21 Å². The molecule has 86 valence electrons. The Morgan fingerprint density at radius 3 is 3.06 bits per heavy atom. The molecule has 0 heterocycles. The van der Waals surface area contributed by atoms with Crippen LogP contribution in [0.25, 0.3) is 0 Å². The lowest BCUT2D eigenvalue weighted by molar-refractivity contribution is 0.0953. The third-order valence-electron chi connectivity index (χ3n) is 2.19. The molecule has 0 fully saturated rings. The summed E-state index contributed by atoms with van der Waals surface area (Å²) in [5.41, 5.74) is 1.46. The van der Waals surface area contributed by atoms with E-state index in [4.69, 9.17) is 5.84 Å². The number of hydrogen-bond donors (Lipinski definition) is 2. The zero-order chi connectivity index (χ0) is 11.8. The van der Waals surface area contributed by atoms with Crippen LogP contribution >= 0.6 is 0 Å². The van der Waals surface area contributed by atoms with Crippen molar-refractivity contribution in [1.82, 2.24) is 5.32 Å². The van der Waals surface area contributed by atoms with E-state index in [0.717, 1.165) is 18.4 Å². The maximum Gasteiger partial charge on any atom is 0.251 e. The van der Waals surface area contributed by atoms with Crippen molar-refractivity contribution in [1.29, 1.82) is 0 Å². The molecule has 16 heavy (non-hydrogen) atoms. The van der Waals surface area contributed by atoms with Crippen LogP contribution in [-0.4, -0.2) is 18.7 Å². The molecule has 0 aliphatic rings. The standard InChI is InChI=1S/C12H17N3O/c1-2-3-7-14-12(16)11-6-4-5-10(8-11)9-15-13/h4-6,8-9H,2-3,7,13H2,1H3,(H,14,16)/b15-9+. The van der Waals surface area contributed by atoms with E-state index in [9.17, 15) is 4.79 Å².